The molecule has 18 heavy (non-hydrogen) atoms. The van der Waals surface area contributed by atoms with Crippen LogP contribution in [-0.2, 0) is 20.1 Å². The molecule has 1 N–H and O–H groups in total. The molecule has 1 unspecified atom stereocenters. The van der Waals surface area contributed by atoms with E-state index in [0.29, 0.717) is 6.04 Å². The number of nitrogens with one attached hydrogen (secondary N) is 1. The van der Waals surface area contributed by atoms with Crippen LogP contribution in [0, 0.1) is 6.92 Å². The number of hydrogen-bond donors (Lipinski definition) is 1. The molecule has 0 aliphatic heterocycles. The Kier molecular flexibility index (Phi) is 3.81. The van der Waals surface area contributed by atoms with Crippen LogP contribution in [0.5, 0.6) is 0 Å². The Morgan fingerprint density at radius 3 is 2.78 bits per heavy atom. The van der Waals surface area contributed by atoms with Gasteiger partial charge in [0.25, 0.3) is 0 Å². The topological polar surface area (TPSA) is 47.7 Å². The number of aromatic nitrogens is 4. The van der Waals surface area contributed by atoms with Gasteiger partial charge in [0.15, 0.2) is 0 Å². The predicted octanol–water partition coefficient (Wildman–Crippen LogP) is 1.80. The van der Waals surface area contributed by atoms with E-state index in [4.69, 9.17) is 0 Å². The van der Waals surface area contributed by atoms with Gasteiger partial charge >= 0.3 is 0 Å². The van der Waals surface area contributed by atoms with Gasteiger partial charge in [0.1, 0.15) is 0 Å². The molecule has 0 radical (unpaired) electrons. The minimum atomic E-state index is 0.291. The molecule has 0 saturated carbocycles. The molecular weight excluding hydrogens is 226 g/mol. The van der Waals surface area contributed by atoms with E-state index in [9.17, 15) is 0 Å². The fraction of sp³-hybridized carbons (Fsp3) is 0.538. The summed E-state index contributed by atoms with van der Waals surface area (Å²) in [4.78, 5) is 0. The van der Waals surface area contributed by atoms with Crippen LogP contribution in [0.1, 0.15) is 36.8 Å². The van der Waals surface area contributed by atoms with Crippen LogP contribution >= 0.6 is 0 Å². The molecule has 0 bridgehead atoms. The third-order valence-electron chi connectivity index (χ3n) is 3.43. The normalized spacial score (nSPS) is 12.9. The van der Waals surface area contributed by atoms with Crippen molar-refractivity contribution < 1.29 is 0 Å². The molecule has 0 aliphatic rings. The Morgan fingerprint density at radius 1 is 1.39 bits per heavy atom. The van der Waals surface area contributed by atoms with Gasteiger partial charge in [0, 0.05) is 43.6 Å². The van der Waals surface area contributed by atoms with Gasteiger partial charge in [0.05, 0.1) is 11.9 Å². The molecule has 0 spiro atoms. The highest BCUT2D eigenvalue weighted by atomic mass is 15.3. The van der Waals surface area contributed by atoms with Gasteiger partial charge in [-0.2, -0.15) is 10.2 Å². The Morgan fingerprint density at radius 2 is 2.17 bits per heavy atom. The van der Waals surface area contributed by atoms with Crippen LogP contribution in [-0.4, -0.2) is 19.6 Å². The molecule has 98 valence electrons. The second-order valence-corrected chi connectivity index (χ2v) is 4.55. The van der Waals surface area contributed by atoms with E-state index < -0.39 is 0 Å². The quantitative estimate of drug-likeness (QED) is 0.876. The monoisotopic (exact) mass is 247 g/mol. The molecule has 1 atom stereocenters. The summed E-state index contributed by atoms with van der Waals surface area (Å²) in [6.45, 7) is 8.09. The largest absolute Gasteiger partial charge is 0.304 e. The summed E-state index contributed by atoms with van der Waals surface area (Å²) >= 11 is 0. The zero-order valence-electron chi connectivity index (χ0n) is 11.5. The summed E-state index contributed by atoms with van der Waals surface area (Å²) in [6.07, 6.45) is 3.78. The highest BCUT2D eigenvalue weighted by Gasteiger charge is 2.12. The first-order chi connectivity index (χ1) is 8.63. The van der Waals surface area contributed by atoms with Crippen LogP contribution in [0.15, 0.2) is 18.5 Å². The van der Waals surface area contributed by atoms with Crippen LogP contribution in [0.4, 0.5) is 0 Å². The van der Waals surface area contributed by atoms with E-state index in [-0.39, 0.29) is 0 Å². The average molecular weight is 247 g/mol. The summed E-state index contributed by atoms with van der Waals surface area (Å²) in [5, 5.41) is 12.1. The lowest BCUT2D eigenvalue weighted by molar-refractivity contribution is 0.529. The van der Waals surface area contributed by atoms with Gasteiger partial charge in [-0.1, -0.05) is 0 Å². The standard InChI is InChI=1S/C13H21N5/c1-5-18-12(6-7-15-18)8-14-10(2)13-9-16-17(4)11(13)3/h6-7,9-10,14H,5,8H2,1-4H3. The fourth-order valence-corrected chi connectivity index (χ4v) is 2.10. The van der Waals surface area contributed by atoms with Crippen molar-refractivity contribution in [2.75, 3.05) is 0 Å². The van der Waals surface area contributed by atoms with Gasteiger partial charge in [-0.05, 0) is 26.8 Å². The van der Waals surface area contributed by atoms with Crippen LogP contribution < -0.4 is 5.32 Å². The van der Waals surface area contributed by atoms with Gasteiger partial charge in [-0.3, -0.25) is 9.36 Å². The summed E-state index contributed by atoms with van der Waals surface area (Å²) < 4.78 is 3.92. The van der Waals surface area contributed by atoms with E-state index in [1.54, 1.807) is 0 Å². The van der Waals surface area contributed by atoms with Crippen LogP contribution in [0.3, 0.4) is 0 Å². The van der Waals surface area contributed by atoms with E-state index in [1.807, 2.05) is 28.8 Å². The van der Waals surface area contributed by atoms with E-state index in [0.717, 1.165) is 13.1 Å². The number of rotatable bonds is 5. The summed E-state index contributed by atoms with van der Waals surface area (Å²) in [5.41, 5.74) is 3.67. The first-order valence-electron chi connectivity index (χ1n) is 6.36. The molecule has 0 fully saturated rings. The highest BCUT2D eigenvalue weighted by Crippen LogP contribution is 2.16. The van der Waals surface area contributed by atoms with Crippen molar-refractivity contribution in [1.29, 1.82) is 0 Å². The first-order valence-corrected chi connectivity index (χ1v) is 6.36. The van der Waals surface area contributed by atoms with Crippen molar-refractivity contribution in [3.63, 3.8) is 0 Å². The lowest BCUT2D eigenvalue weighted by Crippen LogP contribution is -2.20. The fourth-order valence-electron chi connectivity index (χ4n) is 2.10. The second-order valence-electron chi connectivity index (χ2n) is 4.55. The molecule has 2 heterocycles. The molecule has 2 aromatic heterocycles. The molecule has 5 nitrogen and oxygen atoms in total. The second kappa shape index (κ2) is 5.35. The van der Waals surface area contributed by atoms with Crippen molar-refractivity contribution in [3.8, 4) is 0 Å². The summed E-state index contributed by atoms with van der Waals surface area (Å²) in [7, 11) is 1.97. The Balaban J connectivity index is 2.00. The predicted molar refractivity (Wildman–Crippen MR) is 71.1 cm³/mol. The maximum atomic E-state index is 4.28. The summed E-state index contributed by atoms with van der Waals surface area (Å²) in [5.74, 6) is 0. The zero-order chi connectivity index (χ0) is 13.1. The van der Waals surface area contributed by atoms with Crippen molar-refractivity contribution >= 4 is 0 Å². The van der Waals surface area contributed by atoms with E-state index in [1.165, 1.54) is 17.0 Å². The third-order valence-corrected chi connectivity index (χ3v) is 3.43. The maximum Gasteiger partial charge on any atom is 0.0540 e. The zero-order valence-corrected chi connectivity index (χ0v) is 11.5. The van der Waals surface area contributed by atoms with Crippen molar-refractivity contribution in [1.82, 2.24) is 24.9 Å². The number of hydrogen-bond acceptors (Lipinski definition) is 3. The molecule has 0 aliphatic carbocycles. The smallest absolute Gasteiger partial charge is 0.0540 e. The van der Waals surface area contributed by atoms with E-state index >= 15 is 0 Å². The van der Waals surface area contributed by atoms with Gasteiger partial charge < -0.3 is 5.32 Å². The van der Waals surface area contributed by atoms with Crippen LogP contribution in [0.2, 0.25) is 0 Å². The SMILES string of the molecule is CCn1nccc1CNC(C)c1cnn(C)c1C. The number of nitrogens with zero attached hydrogens (tertiary/aromatic N) is 4. The lowest BCUT2D eigenvalue weighted by Gasteiger charge is -2.14. The minimum Gasteiger partial charge on any atom is -0.304 e. The van der Waals surface area contributed by atoms with Crippen LogP contribution in [0.25, 0.3) is 0 Å². The molecule has 0 amide bonds. The van der Waals surface area contributed by atoms with Gasteiger partial charge in [-0.15, -0.1) is 0 Å². The van der Waals surface area contributed by atoms with E-state index in [2.05, 4.69) is 42.4 Å². The van der Waals surface area contributed by atoms with Crippen molar-refractivity contribution in [3.05, 3.63) is 35.4 Å². The Bertz CT molecular complexity index is 511. The molecular formula is C13H21N5. The maximum absolute atomic E-state index is 4.28. The Hall–Kier alpha value is -1.62. The van der Waals surface area contributed by atoms with Crippen molar-refractivity contribution in [2.45, 2.75) is 39.9 Å². The molecule has 0 aromatic carbocycles. The minimum absolute atomic E-state index is 0.291. The highest BCUT2D eigenvalue weighted by molar-refractivity contribution is 5.19. The number of aryl methyl sites for hydroxylation is 2. The van der Waals surface area contributed by atoms with Gasteiger partial charge in [-0.25, -0.2) is 0 Å². The molecule has 0 saturated heterocycles. The molecule has 5 heteroatoms. The van der Waals surface area contributed by atoms with Gasteiger partial charge in [0.2, 0.25) is 0 Å². The average Bonchev–Trinajstić information content (AvgIpc) is 2.94. The van der Waals surface area contributed by atoms with Crippen molar-refractivity contribution in [2.24, 2.45) is 7.05 Å². The Labute approximate surface area is 108 Å². The molecule has 2 rings (SSSR count). The first kappa shape index (κ1) is 12.8. The third kappa shape index (κ3) is 2.46. The lowest BCUT2D eigenvalue weighted by atomic mass is 10.1. The summed E-state index contributed by atoms with van der Waals surface area (Å²) in [6, 6.07) is 2.35. The molecule has 2 aromatic rings.